The Morgan fingerprint density at radius 1 is 1.22 bits per heavy atom. The first-order chi connectivity index (χ1) is 11.2. The Morgan fingerprint density at radius 3 is 2.61 bits per heavy atom. The Kier molecular flexibility index (Phi) is 4.33. The van der Waals surface area contributed by atoms with Crippen LogP contribution in [-0.4, -0.2) is 30.0 Å². The number of para-hydroxylation sites is 1. The molecule has 2 aromatic rings. The van der Waals surface area contributed by atoms with Crippen molar-refractivity contribution in [3.8, 4) is 0 Å². The normalized spacial score (nSPS) is 16.3. The van der Waals surface area contributed by atoms with Gasteiger partial charge in [0.25, 0.3) is 5.91 Å². The summed E-state index contributed by atoms with van der Waals surface area (Å²) in [5, 5.41) is 0. The Bertz CT molecular complexity index is 692. The van der Waals surface area contributed by atoms with E-state index in [-0.39, 0.29) is 11.9 Å². The topological polar surface area (TPSA) is 36.4 Å². The molecule has 0 bridgehead atoms. The van der Waals surface area contributed by atoms with E-state index >= 15 is 0 Å². The smallest absolute Gasteiger partial charge is 0.277 e. The molecule has 1 unspecified atom stereocenters. The maximum absolute atomic E-state index is 12.9. The highest BCUT2D eigenvalue weighted by Crippen LogP contribution is 2.32. The third-order valence-corrected chi connectivity index (χ3v) is 4.52. The van der Waals surface area contributed by atoms with Gasteiger partial charge in [-0.3, -0.25) is 4.79 Å². The van der Waals surface area contributed by atoms with Crippen LogP contribution in [0.4, 0.5) is 11.4 Å². The van der Waals surface area contributed by atoms with Gasteiger partial charge in [-0.15, -0.1) is 0 Å². The Labute approximate surface area is 137 Å². The zero-order chi connectivity index (χ0) is 16.4. The summed E-state index contributed by atoms with van der Waals surface area (Å²) < 4.78 is 0. The fourth-order valence-corrected chi connectivity index (χ4v) is 3.29. The van der Waals surface area contributed by atoms with Crippen molar-refractivity contribution >= 4 is 17.3 Å². The minimum Gasteiger partial charge on any atom is -0.371 e. The monoisotopic (exact) mass is 309 g/mol. The summed E-state index contributed by atoms with van der Waals surface area (Å²) in [6.07, 6.45) is 2.70. The molecule has 1 aromatic carbocycles. The quantitative estimate of drug-likeness (QED) is 0.867. The number of aromatic nitrogens is 1. The highest BCUT2D eigenvalue weighted by molar-refractivity contribution is 6.06. The second-order valence-electron chi connectivity index (χ2n) is 5.93. The molecule has 120 valence electrons. The van der Waals surface area contributed by atoms with Gasteiger partial charge in [-0.25, -0.2) is 4.98 Å². The molecule has 0 radical (unpaired) electrons. The van der Waals surface area contributed by atoms with Crippen LogP contribution in [0.2, 0.25) is 0 Å². The van der Waals surface area contributed by atoms with E-state index in [0.717, 1.165) is 30.9 Å². The first-order valence-electron chi connectivity index (χ1n) is 8.28. The molecular formula is C19H23N3O. The third kappa shape index (κ3) is 2.81. The summed E-state index contributed by atoms with van der Waals surface area (Å²) in [5.41, 5.74) is 3.80. The van der Waals surface area contributed by atoms with Crippen molar-refractivity contribution in [3.05, 3.63) is 53.9 Å². The molecule has 1 atom stereocenters. The minimum absolute atomic E-state index is 0.0199. The van der Waals surface area contributed by atoms with Gasteiger partial charge in [0.15, 0.2) is 0 Å². The van der Waals surface area contributed by atoms with E-state index < -0.39 is 0 Å². The average molecular weight is 309 g/mol. The van der Waals surface area contributed by atoms with Crippen LogP contribution in [0.5, 0.6) is 0 Å². The van der Waals surface area contributed by atoms with Crippen LogP contribution in [0.1, 0.15) is 36.8 Å². The molecule has 0 aliphatic carbocycles. The first-order valence-corrected chi connectivity index (χ1v) is 8.28. The lowest BCUT2D eigenvalue weighted by Crippen LogP contribution is -2.36. The lowest BCUT2D eigenvalue weighted by Gasteiger charge is -2.23. The molecule has 23 heavy (non-hydrogen) atoms. The Hall–Kier alpha value is -2.36. The van der Waals surface area contributed by atoms with Crippen molar-refractivity contribution in [2.75, 3.05) is 22.9 Å². The van der Waals surface area contributed by atoms with E-state index in [4.69, 9.17) is 0 Å². The van der Waals surface area contributed by atoms with Crippen molar-refractivity contribution in [2.45, 2.75) is 33.2 Å². The zero-order valence-corrected chi connectivity index (χ0v) is 14.0. The molecule has 0 N–H and O–H groups in total. The highest BCUT2D eigenvalue weighted by atomic mass is 16.2. The van der Waals surface area contributed by atoms with Crippen LogP contribution >= 0.6 is 0 Å². The standard InChI is InChI=1S/C19H23N3O/c1-4-21(5-2)16-10-11-17(20-13-16)19(23)22-14(3)12-15-8-6-7-9-18(15)22/h6-11,13-14H,4-5,12H2,1-3H3. The number of carbonyl (C=O) groups is 1. The number of carbonyl (C=O) groups excluding carboxylic acids is 1. The molecule has 1 aromatic heterocycles. The fourth-order valence-electron chi connectivity index (χ4n) is 3.29. The molecule has 0 fully saturated rings. The maximum atomic E-state index is 12.9. The van der Waals surface area contributed by atoms with Gasteiger partial charge in [0, 0.05) is 24.8 Å². The lowest BCUT2D eigenvalue weighted by atomic mass is 10.1. The zero-order valence-electron chi connectivity index (χ0n) is 14.0. The number of rotatable bonds is 4. The molecule has 2 heterocycles. The van der Waals surface area contributed by atoms with E-state index in [0.29, 0.717) is 5.69 Å². The number of pyridine rings is 1. The van der Waals surface area contributed by atoms with Gasteiger partial charge in [-0.05, 0) is 51.0 Å². The summed E-state index contributed by atoms with van der Waals surface area (Å²) in [7, 11) is 0. The van der Waals surface area contributed by atoms with Gasteiger partial charge in [0.05, 0.1) is 11.9 Å². The third-order valence-electron chi connectivity index (χ3n) is 4.52. The van der Waals surface area contributed by atoms with E-state index in [1.807, 2.05) is 35.2 Å². The SMILES string of the molecule is CCN(CC)c1ccc(C(=O)N2c3ccccc3CC2C)nc1. The number of nitrogens with zero attached hydrogens (tertiary/aromatic N) is 3. The largest absolute Gasteiger partial charge is 0.371 e. The average Bonchev–Trinajstić information content (AvgIpc) is 2.91. The van der Waals surface area contributed by atoms with Crippen LogP contribution in [0.15, 0.2) is 42.6 Å². The van der Waals surface area contributed by atoms with Crippen LogP contribution in [-0.2, 0) is 6.42 Å². The molecule has 0 saturated carbocycles. The number of benzene rings is 1. The summed E-state index contributed by atoms with van der Waals surface area (Å²) in [5.74, 6) is -0.0199. The first kappa shape index (κ1) is 15.5. The molecule has 0 spiro atoms. The molecule has 0 saturated heterocycles. The predicted octanol–water partition coefficient (Wildman–Crippen LogP) is 3.52. The number of anilines is 2. The minimum atomic E-state index is -0.0199. The number of fused-ring (bicyclic) bond motifs is 1. The van der Waals surface area contributed by atoms with Gasteiger partial charge in [0.1, 0.15) is 5.69 Å². The van der Waals surface area contributed by atoms with Gasteiger partial charge in [-0.1, -0.05) is 18.2 Å². The van der Waals surface area contributed by atoms with Crippen molar-refractivity contribution in [3.63, 3.8) is 0 Å². The summed E-state index contributed by atoms with van der Waals surface area (Å²) in [6.45, 7) is 8.18. The van der Waals surface area contributed by atoms with Crippen molar-refractivity contribution in [1.82, 2.24) is 4.98 Å². The molecular weight excluding hydrogens is 286 g/mol. The molecule has 4 heteroatoms. The lowest BCUT2D eigenvalue weighted by molar-refractivity contribution is 0.0976. The van der Waals surface area contributed by atoms with Crippen LogP contribution < -0.4 is 9.80 Å². The predicted molar refractivity (Wildman–Crippen MR) is 94.2 cm³/mol. The molecule has 3 rings (SSSR count). The van der Waals surface area contributed by atoms with Crippen molar-refractivity contribution in [1.29, 1.82) is 0 Å². The van der Waals surface area contributed by atoms with Gasteiger partial charge in [-0.2, -0.15) is 0 Å². The molecule has 1 amide bonds. The van der Waals surface area contributed by atoms with Crippen molar-refractivity contribution < 1.29 is 4.79 Å². The molecule has 1 aliphatic rings. The number of hydrogen-bond donors (Lipinski definition) is 0. The van der Waals surface area contributed by atoms with Crippen LogP contribution in [0.25, 0.3) is 0 Å². The Morgan fingerprint density at radius 2 is 1.96 bits per heavy atom. The molecule has 4 nitrogen and oxygen atoms in total. The number of amides is 1. The van der Waals surface area contributed by atoms with Crippen molar-refractivity contribution in [2.24, 2.45) is 0 Å². The summed E-state index contributed by atoms with van der Waals surface area (Å²) in [6, 6.07) is 12.1. The Balaban J connectivity index is 1.86. The fraction of sp³-hybridized carbons (Fsp3) is 0.368. The summed E-state index contributed by atoms with van der Waals surface area (Å²) in [4.78, 5) is 21.4. The van der Waals surface area contributed by atoms with E-state index in [1.54, 1.807) is 6.20 Å². The second-order valence-corrected chi connectivity index (χ2v) is 5.93. The second kappa shape index (κ2) is 6.41. The summed E-state index contributed by atoms with van der Waals surface area (Å²) >= 11 is 0. The highest BCUT2D eigenvalue weighted by Gasteiger charge is 2.31. The maximum Gasteiger partial charge on any atom is 0.277 e. The van der Waals surface area contributed by atoms with E-state index in [9.17, 15) is 4.79 Å². The van der Waals surface area contributed by atoms with Gasteiger partial charge >= 0.3 is 0 Å². The van der Waals surface area contributed by atoms with Gasteiger partial charge < -0.3 is 9.80 Å². The molecule has 1 aliphatic heterocycles. The van der Waals surface area contributed by atoms with Gasteiger partial charge in [0.2, 0.25) is 0 Å². The number of hydrogen-bond acceptors (Lipinski definition) is 3. The van der Waals surface area contributed by atoms with E-state index in [2.05, 4.69) is 36.7 Å². The van der Waals surface area contributed by atoms with Crippen LogP contribution in [0.3, 0.4) is 0 Å². The van der Waals surface area contributed by atoms with E-state index in [1.165, 1.54) is 5.56 Å². The van der Waals surface area contributed by atoms with Crippen LogP contribution in [0, 0.1) is 0 Å².